The third-order valence-corrected chi connectivity index (χ3v) is 2.61. The second kappa shape index (κ2) is 8.68. The molecule has 1 aromatic heterocycles. The topological polar surface area (TPSA) is 89.3 Å². The Morgan fingerprint density at radius 3 is 2.95 bits per heavy atom. The lowest BCUT2D eigenvalue weighted by Crippen LogP contribution is -2.27. The molecule has 0 bridgehead atoms. The average molecular weight is 287 g/mol. The van der Waals surface area contributed by atoms with Crippen molar-refractivity contribution < 1.29 is 9.53 Å². The molecule has 0 atom stereocenters. The Morgan fingerprint density at radius 1 is 1.47 bits per heavy atom. The van der Waals surface area contributed by atoms with Crippen LogP contribution in [0.2, 0.25) is 5.02 Å². The molecule has 4 N–H and O–H groups in total. The van der Waals surface area contributed by atoms with E-state index in [4.69, 9.17) is 22.2 Å². The number of hydrazine groups is 1. The molecule has 0 aliphatic rings. The van der Waals surface area contributed by atoms with E-state index in [1.54, 1.807) is 12.1 Å². The fraction of sp³-hybridized carbons (Fsp3) is 0.500. The highest BCUT2D eigenvalue weighted by Crippen LogP contribution is 2.15. The van der Waals surface area contributed by atoms with Gasteiger partial charge in [0.2, 0.25) is 0 Å². The number of aromatic nitrogens is 1. The molecule has 0 unspecified atom stereocenters. The van der Waals surface area contributed by atoms with Gasteiger partial charge in [-0.15, -0.1) is 0 Å². The number of nitrogens with zero attached hydrogens (tertiary/aromatic N) is 1. The van der Waals surface area contributed by atoms with Gasteiger partial charge in [0.25, 0.3) is 5.91 Å². The molecule has 0 fully saturated rings. The van der Waals surface area contributed by atoms with Gasteiger partial charge >= 0.3 is 0 Å². The fourth-order valence-corrected chi connectivity index (χ4v) is 1.58. The molecule has 1 aromatic rings. The average Bonchev–Trinajstić information content (AvgIpc) is 2.43. The summed E-state index contributed by atoms with van der Waals surface area (Å²) in [5.41, 5.74) is 2.53. The maximum Gasteiger partial charge on any atom is 0.271 e. The number of carbonyl (C=O) groups is 1. The largest absolute Gasteiger partial charge is 0.381 e. The molecule has 0 aliphatic heterocycles. The van der Waals surface area contributed by atoms with Crippen molar-refractivity contribution in [3.63, 3.8) is 0 Å². The zero-order valence-electron chi connectivity index (χ0n) is 10.9. The molecule has 6 nitrogen and oxygen atoms in total. The Labute approximate surface area is 117 Å². The Morgan fingerprint density at radius 2 is 2.26 bits per heavy atom. The lowest BCUT2D eigenvalue weighted by atomic mass is 10.3. The first-order valence-corrected chi connectivity index (χ1v) is 6.56. The lowest BCUT2D eigenvalue weighted by Gasteiger charge is -2.08. The third-order valence-electron chi connectivity index (χ3n) is 2.31. The summed E-state index contributed by atoms with van der Waals surface area (Å²) in [6.07, 6.45) is 1.74. The van der Waals surface area contributed by atoms with Crippen LogP contribution >= 0.6 is 11.6 Å². The number of nitrogens with one attached hydrogen (secondary N) is 2. The van der Waals surface area contributed by atoms with Gasteiger partial charge in [0.05, 0.1) is 5.02 Å². The summed E-state index contributed by atoms with van der Waals surface area (Å²) < 4.78 is 5.31. The standard InChI is InChI=1S/C12H19ClN4O2/c1-2-7-19-8-3-6-15-12(18)11-9(13)4-5-10(16-11)17-14/h4-5H,2-3,6-8,14H2,1H3,(H,15,18)(H,16,17). The number of hydrogen-bond acceptors (Lipinski definition) is 5. The highest BCUT2D eigenvalue weighted by atomic mass is 35.5. The van der Waals surface area contributed by atoms with Gasteiger partial charge < -0.3 is 15.5 Å². The number of nitrogens with two attached hydrogens (primary N) is 1. The highest BCUT2D eigenvalue weighted by molar-refractivity contribution is 6.33. The zero-order valence-corrected chi connectivity index (χ0v) is 11.7. The van der Waals surface area contributed by atoms with Crippen molar-refractivity contribution in [3.8, 4) is 0 Å². The minimum Gasteiger partial charge on any atom is -0.381 e. The first-order valence-electron chi connectivity index (χ1n) is 6.18. The van der Waals surface area contributed by atoms with Gasteiger partial charge in [-0.1, -0.05) is 18.5 Å². The number of hydrogen-bond donors (Lipinski definition) is 3. The van der Waals surface area contributed by atoms with Crippen LogP contribution in [0.25, 0.3) is 0 Å². The van der Waals surface area contributed by atoms with Crippen molar-refractivity contribution in [2.75, 3.05) is 25.2 Å². The van der Waals surface area contributed by atoms with Crippen molar-refractivity contribution in [1.82, 2.24) is 10.3 Å². The van der Waals surface area contributed by atoms with Gasteiger partial charge in [-0.25, -0.2) is 10.8 Å². The van der Waals surface area contributed by atoms with Crippen LogP contribution in [0.3, 0.4) is 0 Å². The van der Waals surface area contributed by atoms with Crippen LogP contribution in [0, 0.1) is 0 Å². The molecule has 106 valence electrons. The molecule has 0 aromatic carbocycles. The number of carbonyl (C=O) groups excluding carboxylic acids is 1. The van der Waals surface area contributed by atoms with Crippen molar-refractivity contribution in [2.24, 2.45) is 5.84 Å². The molecule has 19 heavy (non-hydrogen) atoms. The fourth-order valence-electron chi connectivity index (χ4n) is 1.39. The Bertz CT molecular complexity index is 415. The van der Waals surface area contributed by atoms with Gasteiger partial charge in [-0.05, 0) is 25.0 Å². The smallest absolute Gasteiger partial charge is 0.271 e. The maximum atomic E-state index is 11.9. The second-order valence-electron chi connectivity index (χ2n) is 3.89. The van der Waals surface area contributed by atoms with Crippen LogP contribution in [0.15, 0.2) is 12.1 Å². The van der Waals surface area contributed by atoms with Gasteiger partial charge in [0, 0.05) is 19.8 Å². The van der Waals surface area contributed by atoms with E-state index < -0.39 is 0 Å². The summed E-state index contributed by atoms with van der Waals surface area (Å²) >= 11 is 5.91. The van der Waals surface area contributed by atoms with Crippen LogP contribution in [0.5, 0.6) is 0 Å². The van der Waals surface area contributed by atoms with E-state index in [1.807, 2.05) is 6.92 Å². The monoisotopic (exact) mass is 286 g/mol. The zero-order chi connectivity index (χ0) is 14.1. The first-order chi connectivity index (χ1) is 9.19. The summed E-state index contributed by atoms with van der Waals surface area (Å²) in [6.45, 7) is 3.93. The molecule has 0 saturated carbocycles. The normalized spacial score (nSPS) is 10.3. The molecule has 1 heterocycles. The van der Waals surface area contributed by atoms with Gasteiger partial charge in [-0.2, -0.15) is 0 Å². The van der Waals surface area contributed by atoms with Gasteiger partial charge in [0.1, 0.15) is 11.5 Å². The SMILES string of the molecule is CCCOCCCNC(=O)c1nc(NN)ccc1Cl. The number of pyridine rings is 1. The van der Waals surface area contributed by atoms with E-state index in [0.29, 0.717) is 24.0 Å². The number of anilines is 1. The van der Waals surface area contributed by atoms with E-state index in [-0.39, 0.29) is 11.6 Å². The summed E-state index contributed by atoms with van der Waals surface area (Å²) in [5, 5.41) is 3.02. The molecule has 7 heteroatoms. The van der Waals surface area contributed by atoms with E-state index in [9.17, 15) is 4.79 Å². The Kier molecular flexibility index (Phi) is 7.17. The quantitative estimate of drug-likeness (QED) is 0.383. The number of amides is 1. The Hall–Kier alpha value is -1.37. The van der Waals surface area contributed by atoms with Crippen molar-refractivity contribution >= 4 is 23.3 Å². The number of ether oxygens (including phenoxy) is 1. The molecule has 1 amide bonds. The van der Waals surface area contributed by atoms with E-state index >= 15 is 0 Å². The molecular weight excluding hydrogens is 268 g/mol. The van der Waals surface area contributed by atoms with Crippen LogP contribution < -0.4 is 16.6 Å². The molecule has 0 saturated heterocycles. The van der Waals surface area contributed by atoms with Gasteiger partial charge in [0.15, 0.2) is 0 Å². The van der Waals surface area contributed by atoms with Crippen molar-refractivity contribution in [3.05, 3.63) is 22.8 Å². The molecule has 0 radical (unpaired) electrons. The lowest BCUT2D eigenvalue weighted by molar-refractivity contribution is 0.0937. The second-order valence-corrected chi connectivity index (χ2v) is 4.30. The maximum absolute atomic E-state index is 11.9. The highest BCUT2D eigenvalue weighted by Gasteiger charge is 2.12. The van der Waals surface area contributed by atoms with Crippen LogP contribution in [-0.4, -0.2) is 30.6 Å². The number of rotatable bonds is 8. The molecule has 0 spiro atoms. The van der Waals surface area contributed by atoms with Crippen molar-refractivity contribution in [2.45, 2.75) is 19.8 Å². The predicted octanol–water partition coefficient (Wildman–Crippen LogP) is 1.57. The van der Waals surface area contributed by atoms with E-state index in [2.05, 4.69) is 15.7 Å². The molecular formula is C12H19ClN4O2. The minimum atomic E-state index is -0.322. The first kappa shape index (κ1) is 15.7. The summed E-state index contributed by atoms with van der Waals surface area (Å²) in [4.78, 5) is 15.9. The van der Waals surface area contributed by atoms with Crippen LogP contribution in [0.4, 0.5) is 5.82 Å². The number of nitrogen functional groups attached to an aromatic ring is 1. The summed E-state index contributed by atoms with van der Waals surface area (Å²) in [7, 11) is 0. The predicted molar refractivity (Wildman–Crippen MR) is 75.1 cm³/mol. The summed E-state index contributed by atoms with van der Waals surface area (Å²) in [6, 6.07) is 3.17. The third kappa shape index (κ3) is 5.42. The van der Waals surface area contributed by atoms with Crippen LogP contribution in [0.1, 0.15) is 30.3 Å². The Balaban J connectivity index is 2.40. The van der Waals surface area contributed by atoms with Gasteiger partial charge in [-0.3, -0.25) is 4.79 Å². The van der Waals surface area contributed by atoms with Crippen LogP contribution in [-0.2, 0) is 4.74 Å². The summed E-state index contributed by atoms with van der Waals surface area (Å²) in [5.74, 6) is 5.30. The van der Waals surface area contributed by atoms with E-state index in [0.717, 1.165) is 19.4 Å². The number of halogens is 1. The van der Waals surface area contributed by atoms with E-state index in [1.165, 1.54) is 0 Å². The molecule has 0 aliphatic carbocycles. The molecule has 1 rings (SSSR count). The van der Waals surface area contributed by atoms with Crippen molar-refractivity contribution in [1.29, 1.82) is 0 Å². The minimum absolute atomic E-state index is 0.159.